The lowest BCUT2D eigenvalue weighted by atomic mass is 9.93. The van der Waals surface area contributed by atoms with Crippen molar-refractivity contribution in [3.63, 3.8) is 0 Å². The number of hydrogen-bond acceptors (Lipinski definition) is 2. The Hall–Kier alpha value is -0.670. The summed E-state index contributed by atoms with van der Waals surface area (Å²) in [5.41, 5.74) is 0. The molecule has 0 N–H and O–H groups in total. The minimum Gasteiger partial charge on any atom is -0.461 e. The molecule has 2 nitrogen and oxygen atoms in total. The third-order valence-electron chi connectivity index (χ3n) is 3.86. The van der Waals surface area contributed by atoms with Crippen LogP contribution < -0.4 is 0 Å². The molecule has 1 aliphatic rings. The van der Waals surface area contributed by atoms with E-state index in [9.17, 15) is 13.6 Å². The van der Waals surface area contributed by atoms with E-state index < -0.39 is 12.4 Å². The largest absolute Gasteiger partial charge is 0.461 e. The fraction of sp³-hybridized carbons (Fsp3) is 0.933. The Morgan fingerprint density at radius 1 is 0.895 bits per heavy atom. The van der Waals surface area contributed by atoms with E-state index in [-0.39, 0.29) is 12.5 Å². The maximum absolute atomic E-state index is 12.1. The van der Waals surface area contributed by atoms with E-state index in [0.717, 1.165) is 25.7 Å². The molecule has 1 rings (SSSR count). The van der Waals surface area contributed by atoms with Gasteiger partial charge in [-0.1, -0.05) is 57.8 Å². The fourth-order valence-electron chi connectivity index (χ4n) is 2.68. The SMILES string of the molecule is O=C(OCC1CCCCCCCCCCC1)C(F)F. The summed E-state index contributed by atoms with van der Waals surface area (Å²) in [5, 5.41) is 0. The van der Waals surface area contributed by atoms with Crippen molar-refractivity contribution >= 4 is 5.97 Å². The summed E-state index contributed by atoms with van der Waals surface area (Å²) in [5.74, 6) is -1.10. The van der Waals surface area contributed by atoms with E-state index in [4.69, 9.17) is 0 Å². The van der Waals surface area contributed by atoms with E-state index in [0.29, 0.717) is 0 Å². The van der Waals surface area contributed by atoms with Gasteiger partial charge in [0.25, 0.3) is 0 Å². The molecule has 0 atom stereocenters. The van der Waals surface area contributed by atoms with Crippen molar-refractivity contribution < 1.29 is 18.3 Å². The second kappa shape index (κ2) is 10.2. The van der Waals surface area contributed by atoms with Crippen LogP contribution in [0.5, 0.6) is 0 Å². The van der Waals surface area contributed by atoms with E-state index >= 15 is 0 Å². The smallest absolute Gasteiger partial charge is 0.373 e. The van der Waals surface area contributed by atoms with E-state index in [1.165, 1.54) is 44.9 Å². The molecule has 1 saturated carbocycles. The first-order valence-corrected chi connectivity index (χ1v) is 7.65. The summed E-state index contributed by atoms with van der Waals surface area (Å²) in [4.78, 5) is 10.8. The van der Waals surface area contributed by atoms with Crippen LogP contribution in [0.3, 0.4) is 0 Å². The average Bonchev–Trinajstić information content (AvgIpc) is 2.37. The molecule has 1 fully saturated rings. The average molecular weight is 276 g/mol. The first kappa shape index (κ1) is 16.4. The van der Waals surface area contributed by atoms with Crippen LogP contribution in [0.1, 0.15) is 70.6 Å². The molecule has 1 aliphatic carbocycles. The van der Waals surface area contributed by atoms with Crippen molar-refractivity contribution in [3.05, 3.63) is 0 Å². The van der Waals surface area contributed by atoms with Gasteiger partial charge < -0.3 is 4.74 Å². The van der Waals surface area contributed by atoms with Gasteiger partial charge in [0.2, 0.25) is 0 Å². The number of halogens is 2. The molecule has 0 aromatic rings. The monoisotopic (exact) mass is 276 g/mol. The molecule has 0 spiro atoms. The third kappa shape index (κ3) is 8.17. The molecule has 0 aromatic carbocycles. The van der Waals surface area contributed by atoms with Gasteiger partial charge in [0.05, 0.1) is 6.61 Å². The second-order valence-electron chi connectivity index (χ2n) is 5.56. The summed E-state index contributed by atoms with van der Waals surface area (Å²) in [6.45, 7) is 0.170. The molecule has 0 aromatic heterocycles. The zero-order valence-corrected chi connectivity index (χ0v) is 11.7. The van der Waals surface area contributed by atoms with Crippen LogP contribution in [-0.2, 0) is 9.53 Å². The van der Waals surface area contributed by atoms with Crippen LogP contribution in [0.15, 0.2) is 0 Å². The maximum Gasteiger partial charge on any atom is 0.373 e. The van der Waals surface area contributed by atoms with Crippen molar-refractivity contribution in [2.75, 3.05) is 6.61 Å². The second-order valence-corrected chi connectivity index (χ2v) is 5.56. The molecule has 112 valence electrons. The normalized spacial score (nSPS) is 20.6. The highest BCUT2D eigenvalue weighted by atomic mass is 19.3. The first-order chi connectivity index (χ1) is 9.20. The van der Waals surface area contributed by atoms with Crippen molar-refractivity contribution in [2.24, 2.45) is 5.92 Å². The molecule has 0 amide bonds. The number of carbonyl (C=O) groups excluding carboxylic acids is 1. The topological polar surface area (TPSA) is 26.3 Å². The predicted octanol–water partition coefficient (Wildman–Crippen LogP) is 4.72. The molecule has 4 heteroatoms. The van der Waals surface area contributed by atoms with Crippen LogP contribution in [-0.4, -0.2) is 19.0 Å². The van der Waals surface area contributed by atoms with Gasteiger partial charge in [0, 0.05) is 0 Å². The van der Waals surface area contributed by atoms with Gasteiger partial charge in [0.1, 0.15) is 0 Å². The molecule has 19 heavy (non-hydrogen) atoms. The van der Waals surface area contributed by atoms with Crippen LogP contribution >= 0.6 is 0 Å². The lowest BCUT2D eigenvalue weighted by Crippen LogP contribution is -2.19. The van der Waals surface area contributed by atoms with E-state index in [1.54, 1.807) is 0 Å². The van der Waals surface area contributed by atoms with Crippen molar-refractivity contribution in [3.8, 4) is 0 Å². The summed E-state index contributed by atoms with van der Waals surface area (Å²) in [6, 6.07) is 0. The maximum atomic E-state index is 12.1. The van der Waals surface area contributed by atoms with E-state index in [1.807, 2.05) is 0 Å². The van der Waals surface area contributed by atoms with Gasteiger partial charge >= 0.3 is 12.4 Å². The first-order valence-electron chi connectivity index (χ1n) is 7.65. The Bertz CT molecular complexity index is 232. The van der Waals surface area contributed by atoms with Gasteiger partial charge in [-0.05, 0) is 18.8 Å². The molecule has 0 saturated heterocycles. The molecule has 0 bridgehead atoms. The van der Waals surface area contributed by atoms with Gasteiger partial charge in [-0.3, -0.25) is 0 Å². The van der Waals surface area contributed by atoms with Gasteiger partial charge in [-0.25, -0.2) is 4.79 Å². The van der Waals surface area contributed by atoms with Crippen molar-refractivity contribution in [1.82, 2.24) is 0 Å². The van der Waals surface area contributed by atoms with Crippen LogP contribution in [0.4, 0.5) is 8.78 Å². The lowest BCUT2D eigenvalue weighted by molar-refractivity contribution is -0.158. The zero-order valence-electron chi connectivity index (χ0n) is 11.7. The Balaban J connectivity index is 2.28. The van der Waals surface area contributed by atoms with Crippen molar-refractivity contribution in [2.45, 2.75) is 77.1 Å². The van der Waals surface area contributed by atoms with Gasteiger partial charge in [0.15, 0.2) is 0 Å². The summed E-state index contributed by atoms with van der Waals surface area (Å²) in [6.07, 6.45) is 10.2. The van der Waals surface area contributed by atoms with Crippen LogP contribution in [0.25, 0.3) is 0 Å². The Labute approximate surface area is 114 Å². The standard InChI is InChI=1S/C15H26F2O2/c16-14(17)15(18)19-12-13-10-8-6-4-2-1-3-5-7-9-11-13/h13-14H,1-12H2. The molecule has 0 radical (unpaired) electrons. The van der Waals surface area contributed by atoms with Crippen molar-refractivity contribution in [1.29, 1.82) is 0 Å². The number of ether oxygens (including phenoxy) is 1. The highest BCUT2D eigenvalue weighted by Crippen LogP contribution is 2.21. The van der Waals surface area contributed by atoms with Crippen LogP contribution in [0.2, 0.25) is 0 Å². The number of hydrogen-bond donors (Lipinski definition) is 0. The van der Waals surface area contributed by atoms with Gasteiger partial charge in [-0.2, -0.15) is 8.78 Å². The third-order valence-corrected chi connectivity index (χ3v) is 3.86. The molecule has 0 aliphatic heterocycles. The predicted molar refractivity (Wildman–Crippen MR) is 71.2 cm³/mol. The molecule has 0 unspecified atom stereocenters. The summed E-state index contributed by atoms with van der Waals surface area (Å²) in [7, 11) is 0. The Morgan fingerprint density at radius 3 is 1.74 bits per heavy atom. The van der Waals surface area contributed by atoms with Crippen LogP contribution in [0, 0.1) is 5.92 Å². The number of esters is 1. The molecular formula is C15H26F2O2. The van der Waals surface area contributed by atoms with E-state index in [2.05, 4.69) is 4.74 Å². The Morgan fingerprint density at radius 2 is 1.32 bits per heavy atom. The molecular weight excluding hydrogens is 250 g/mol. The summed E-state index contributed by atoms with van der Waals surface area (Å²) < 4.78 is 28.8. The van der Waals surface area contributed by atoms with Gasteiger partial charge in [-0.15, -0.1) is 0 Å². The minimum atomic E-state index is -2.99. The number of carbonyl (C=O) groups is 1. The Kier molecular flexibility index (Phi) is 8.76. The minimum absolute atomic E-state index is 0.170. The number of alkyl halides is 2. The highest BCUT2D eigenvalue weighted by molar-refractivity contribution is 5.72. The quantitative estimate of drug-likeness (QED) is 0.697. The molecule has 0 heterocycles. The lowest BCUT2D eigenvalue weighted by Gasteiger charge is -2.17. The summed E-state index contributed by atoms with van der Waals surface area (Å²) >= 11 is 0. The number of rotatable bonds is 3. The zero-order chi connectivity index (χ0) is 13.9. The highest BCUT2D eigenvalue weighted by Gasteiger charge is 2.19. The fourth-order valence-corrected chi connectivity index (χ4v) is 2.68.